The van der Waals surface area contributed by atoms with Crippen molar-refractivity contribution in [1.29, 1.82) is 5.26 Å². The Morgan fingerprint density at radius 1 is 1.10 bits per heavy atom. The summed E-state index contributed by atoms with van der Waals surface area (Å²) >= 11 is 0. The van der Waals surface area contributed by atoms with Gasteiger partial charge in [-0.2, -0.15) is 10.4 Å². The number of anilines is 1. The van der Waals surface area contributed by atoms with Crippen LogP contribution in [0.2, 0.25) is 0 Å². The van der Waals surface area contributed by atoms with Crippen LogP contribution in [0.15, 0.2) is 60.0 Å². The van der Waals surface area contributed by atoms with Gasteiger partial charge in [0.25, 0.3) is 0 Å². The summed E-state index contributed by atoms with van der Waals surface area (Å²) in [5.74, 6) is 0.810. The highest BCUT2D eigenvalue weighted by Gasteiger charge is 2.19. The number of para-hydroxylation sites is 3. The largest absolute Gasteiger partial charge is 0.276 e. The zero-order valence-corrected chi connectivity index (χ0v) is 17.2. The highest BCUT2D eigenvalue weighted by molar-refractivity contribution is 5.96. The number of aromatic nitrogens is 4. The SMILES string of the molecule is CCc1c(C)c(C#N)c2nc3ccccc3n2c1N/N=C/c1cccc2nccnc12. The topological polar surface area (TPSA) is 91.3 Å². The monoisotopic (exact) mass is 405 g/mol. The maximum absolute atomic E-state index is 9.81. The smallest absolute Gasteiger partial charge is 0.157 e. The fourth-order valence-electron chi connectivity index (χ4n) is 4.02. The Bertz CT molecular complexity index is 1520. The molecule has 3 aromatic heterocycles. The van der Waals surface area contributed by atoms with Gasteiger partial charge < -0.3 is 0 Å². The average Bonchev–Trinajstić information content (AvgIpc) is 3.18. The molecule has 0 spiro atoms. The number of hydrogen-bond acceptors (Lipinski definition) is 6. The fourth-order valence-corrected chi connectivity index (χ4v) is 4.02. The van der Waals surface area contributed by atoms with Gasteiger partial charge >= 0.3 is 0 Å². The van der Waals surface area contributed by atoms with Crippen molar-refractivity contribution in [1.82, 2.24) is 19.4 Å². The molecule has 0 aliphatic rings. The predicted octanol–water partition coefficient (Wildman–Crippen LogP) is 4.62. The van der Waals surface area contributed by atoms with Gasteiger partial charge in [-0.1, -0.05) is 31.2 Å². The second kappa shape index (κ2) is 7.50. The van der Waals surface area contributed by atoms with Gasteiger partial charge in [0.1, 0.15) is 11.9 Å². The molecular weight excluding hydrogens is 386 g/mol. The Morgan fingerprint density at radius 2 is 1.90 bits per heavy atom. The van der Waals surface area contributed by atoms with Crippen LogP contribution in [0.25, 0.3) is 27.7 Å². The summed E-state index contributed by atoms with van der Waals surface area (Å²) in [4.78, 5) is 13.5. The fraction of sp³-hybridized carbons (Fsp3) is 0.125. The third-order valence-corrected chi connectivity index (χ3v) is 5.49. The molecule has 0 unspecified atom stereocenters. The third-order valence-electron chi connectivity index (χ3n) is 5.49. The van der Waals surface area contributed by atoms with Crippen molar-refractivity contribution >= 4 is 39.7 Å². The van der Waals surface area contributed by atoms with Crippen LogP contribution in [-0.2, 0) is 6.42 Å². The lowest BCUT2D eigenvalue weighted by Gasteiger charge is -2.15. The first-order valence-corrected chi connectivity index (χ1v) is 10.0. The molecule has 0 saturated carbocycles. The molecule has 0 radical (unpaired) electrons. The van der Waals surface area contributed by atoms with E-state index in [1.807, 2.05) is 53.8 Å². The van der Waals surface area contributed by atoms with E-state index in [1.165, 1.54) is 0 Å². The number of nitrogens with zero attached hydrogens (tertiary/aromatic N) is 6. The molecule has 150 valence electrons. The predicted molar refractivity (Wildman–Crippen MR) is 122 cm³/mol. The highest BCUT2D eigenvalue weighted by Crippen LogP contribution is 2.31. The van der Waals surface area contributed by atoms with E-state index in [1.54, 1.807) is 18.6 Å². The van der Waals surface area contributed by atoms with Crippen LogP contribution in [-0.4, -0.2) is 25.6 Å². The van der Waals surface area contributed by atoms with Gasteiger partial charge in [0, 0.05) is 18.0 Å². The van der Waals surface area contributed by atoms with Gasteiger partial charge in [-0.25, -0.2) is 4.98 Å². The molecule has 3 heterocycles. The van der Waals surface area contributed by atoms with E-state index in [-0.39, 0.29) is 0 Å². The Morgan fingerprint density at radius 3 is 2.74 bits per heavy atom. The van der Waals surface area contributed by atoms with Crippen molar-refractivity contribution in [2.24, 2.45) is 5.10 Å². The van der Waals surface area contributed by atoms with Gasteiger partial charge in [0.15, 0.2) is 5.65 Å². The van der Waals surface area contributed by atoms with Crippen molar-refractivity contribution in [2.45, 2.75) is 20.3 Å². The quantitative estimate of drug-likeness (QED) is 0.348. The van der Waals surface area contributed by atoms with Crippen molar-refractivity contribution in [3.05, 3.63) is 77.1 Å². The van der Waals surface area contributed by atoms with E-state index in [4.69, 9.17) is 4.98 Å². The summed E-state index contributed by atoms with van der Waals surface area (Å²) in [6.45, 7) is 4.04. The van der Waals surface area contributed by atoms with E-state index >= 15 is 0 Å². The number of pyridine rings is 1. The second-order valence-corrected chi connectivity index (χ2v) is 7.19. The minimum Gasteiger partial charge on any atom is -0.276 e. The molecular formula is C24H19N7. The maximum atomic E-state index is 9.81. The number of nitriles is 1. The first-order valence-electron chi connectivity index (χ1n) is 10.0. The number of nitrogens with one attached hydrogen (secondary N) is 1. The summed E-state index contributed by atoms with van der Waals surface area (Å²) in [6, 6.07) is 16.0. The average molecular weight is 405 g/mol. The molecule has 5 rings (SSSR count). The lowest BCUT2D eigenvalue weighted by molar-refractivity contribution is 1.04. The number of hydrogen-bond donors (Lipinski definition) is 1. The molecule has 1 N–H and O–H groups in total. The van der Waals surface area contributed by atoms with E-state index in [0.29, 0.717) is 11.2 Å². The molecule has 0 aliphatic carbocycles. The van der Waals surface area contributed by atoms with Crippen LogP contribution in [0.1, 0.15) is 29.2 Å². The zero-order valence-electron chi connectivity index (χ0n) is 17.2. The van der Waals surface area contributed by atoms with Gasteiger partial charge in [-0.3, -0.25) is 19.8 Å². The second-order valence-electron chi connectivity index (χ2n) is 7.19. The maximum Gasteiger partial charge on any atom is 0.157 e. The number of benzene rings is 2. The summed E-state index contributed by atoms with van der Waals surface area (Å²) in [5.41, 5.74) is 10.6. The molecule has 0 fully saturated rings. The highest BCUT2D eigenvalue weighted by atomic mass is 15.3. The number of hydrazone groups is 1. The Balaban J connectivity index is 1.69. The van der Waals surface area contributed by atoms with Crippen molar-refractivity contribution < 1.29 is 0 Å². The standard InChI is InChI=1S/C24H19N7/c1-3-17-15(2)18(13-25)23-29-19-8-4-5-10-21(19)31(23)24(17)30-28-14-16-7-6-9-20-22(16)27-12-11-26-20/h4-12,14,30H,3H2,1-2H3/b28-14+. The number of fused-ring (bicyclic) bond motifs is 4. The summed E-state index contributed by atoms with van der Waals surface area (Å²) in [6.07, 6.45) is 5.85. The Kier molecular flexibility index (Phi) is 4.53. The van der Waals surface area contributed by atoms with Gasteiger partial charge in [-0.05, 0) is 42.7 Å². The molecule has 0 amide bonds. The van der Waals surface area contributed by atoms with E-state index in [2.05, 4.69) is 33.5 Å². The molecule has 0 bridgehead atoms. The van der Waals surface area contributed by atoms with Crippen molar-refractivity contribution in [3.8, 4) is 6.07 Å². The summed E-state index contributed by atoms with van der Waals surface area (Å²) in [5, 5.41) is 14.3. The van der Waals surface area contributed by atoms with Crippen LogP contribution in [0.4, 0.5) is 5.82 Å². The third kappa shape index (κ3) is 2.97. The lowest BCUT2D eigenvalue weighted by Crippen LogP contribution is -2.07. The van der Waals surface area contributed by atoms with Gasteiger partial charge in [0.2, 0.25) is 0 Å². The Hall–Kier alpha value is -4.31. The van der Waals surface area contributed by atoms with E-state index < -0.39 is 0 Å². The first kappa shape index (κ1) is 18.7. The van der Waals surface area contributed by atoms with Gasteiger partial charge in [0.05, 0.1) is 33.8 Å². The summed E-state index contributed by atoms with van der Waals surface area (Å²) in [7, 11) is 0. The minimum absolute atomic E-state index is 0.590. The van der Waals surface area contributed by atoms with Crippen LogP contribution < -0.4 is 5.43 Å². The minimum atomic E-state index is 0.590. The van der Waals surface area contributed by atoms with Crippen LogP contribution in [0, 0.1) is 18.3 Å². The molecule has 0 aliphatic heterocycles. The number of imidazole rings is 1. The zero-order chi connectivity index (χ0) is 21.4. The van der Waals surface area contributed by atoms with Crippen LogP contribution in [0.3, 0.4) is 0 Å². The molecule has 5 aromatic rings. The van der Waals surface area contributed by atoms with Crippen molar-refractivity contribution in [2.75, 3.05) is 5.43 Å². The molecule has 2 aromatic carbocycles. The normalized spacial score (nSPS) is 11.5. The molecule has 7 heteroatoms. The summed E-state index contributed by atoms with van der Waals surface area (Å²) < 4.78 is 1.99. The van der Waals surface area contributed by atoms with E-state index in [9.17, 15) is 5.26 Å². The lowest BCUT2D eigenvalue weighted by atomic mass is 10.0. The Labute approximate surface area is 178 Å². The van der Waals surface area contributed by atoms with Crippen LogP contribution in [0.5, 0.6) is 0 Å². The van der Waals surface area contributed by atoms with Crippen LogP contribution >= 0.6 is 0 Å². The van der Waals surface area contributed by atoms with E-state index in [0.717, 1.165) is 51.0 Å². The van der Waals surface area contributed by atoms with Crippen molar-refractivity contribution in [3.63, 3.8) is 0 Å². The number of rotatable bonds is 4. The van der Waals surface area contributed by atoms with Gasteiger partial charge in [-0.15, -0.1) is 0 Å². The molecule has 0 saturated heterocycles. The molecule has 31 heavy (non-hydrogen) atoms. The first-order chi connectivity index (χ1) is 15.2. The molecule has 0 atom stereocenters. The molecule has 7 nitrogen and oxygen atoms in total.